The van der Waals surface area contributed by atoms with Gasteiger partial charge in [-0.25, -0.2) is 0 Å². The van der Waals surface area contributed by atoms with E-state index >= 15 is 0 Å². The molecule has 0 aliphatic rings. The molecule has 4 nitrogen and oxygen atoms in total. The van der Waals surface area contributed by atoms with Crippen molar-refractivity contribution in [1.29, 1.82) is 0 Å². The van der Waals surface area contributed by atoms with Gasteiger partial charge < -0.3 is 10.2 Å². The molecule has 186 valence electrons. The van der Waals surface area contributed by atoms with Crippen molar-refractivity contribution in [2.24, 2.45) is 0 Å². The highest BCUT2D eigenvalue weighted by atomic mass is 16.4. The van der Waals surface area contributed by atoms with Crippen LogP contribution in [0, 0.1) is 0 Å². The fourth-order valence-corrected chi connectivity index (χ4v) is 3.15. The van der Waals surface area contributed by atoms with Crippen LogP contribution in [0.1, 0.15) is 124 Å². The van der Waals surface area contributed by atoms with Gasteiger partial charge in [-0.1, -0.05) is 81.2 Å². The molecule has 0 aromatic carbocycles. The molecule has 0 heterocycles. The van der Waals surface area contributed by atoms with Crippen molar-refractivity contribution >= 4 is 12.3 Å². The highest BCUT2D eigenvalue weighted by Gasteiger charge is 2.00. The van der Waals surface area contributed by atoms with Crippen LogP contribution in [-0.2, 0) is 9.59 Å². The van der Waals surface area contributed by atoms with E-state index in [1.54, 1.807) is 6.08 Å². The lowest BCUT2D eigenvalue weighted by Crippen LogP contribution is -2.04. The number of rotatable bonds is 19. The predicted octanol–water partition coefficient (Wildman–Crippen LogP) is 7.96. The molecule has 0 saturated carbocycles. The Kier molecular flexibility index (Phi) is 26.0. The van der Waals surface area contributed by atoms with Gasteiger partial charge in [-0.05, 0) is 71.8 Å². The van der Waals surface area contributed by atoms with Crippen LogP contribution >= 0.6 is 0 Å². The Morgan fingerprint density at radius 2 is 1.50 bits per heavy atom. The minimum atomic E-state index is -0.689. The fraction of sp³-hybridized carbons (Fsp3) is 0.714. The summed E-state index contributed by atoms with van der Waals surface area (Å²) in [5.41, 5.74) is 2.49. The van der Waals surface area contributed by atoms with E-state index < -0.39 is 5.97 Å². The quantitative estimate of drug-likeness (QED) is 0.0905. The minimum absolute atomic E-state index is 0.172. The Morgan fingerprint density at radius 3 is 2.12 bits per heavy atom. The number of hydrogen-bond donors (Lipinski definition) is 2. The SMILES string of the molecule is CC(C)=CCC/C(C)=C/C=O.CCCCCC[C@@H](O)C/C=C\CCCCCCCC(=O)O. The van der Waals surface area contributed by atoms with Crippen LogP contribution in [0.3, 0.4) is 0 Å². The third-order valence-electron chi connectivity index (χ3n) is 5.17. The zero-order valence-corrected chi connectivity index (χ0v) is 21.3. The molecule has 0 bridgehead atoms. The van der Waals surface area contributed by atoms with Crippen LogP contribution in [0.4, 0.5) is 0 Å². The molecule has 0 aliphatic carbocycles. The summed E-state index contributed by atoms with van der Waals surface area (Å²) in [5.74, 6) is -0.689. The zero-order chi connectivity index (χ0) is 24.5. The molecule has 0 fully saturated rings. The number of unbranched alkanes of at least 4 members (excludes halogenated alkanes) is 8. The van der Waals surface area contributed by atoms with Gasteiger partial charge in [-0.2, -0.15) is 0 Å². The van der Waals surface area contributed by atoms with Crippen molar-refractivity contribution in [1.82, 2.24) is 0 Å². The molecule has 2 N–H and O–H groups in total. The van der Waals surface area contributed by atoms with E-state index in [0.29, 0.717) is 6.42 Å². The summed E-state index contributed by atoms with van der Waals surface area (Å²) >= 11 is 0. The Labute approximate surface area is 197 Å². The van der Waals surface area contributed by atoms with Crippen LogP contribution in [0.15, 0.2) is 35.5 Å². The topological polar surface area (TPSA) is 74.6 Å². The first-order valence-electron chi connectivity index (χ1n) is 12.6. The summed E-state index contributed by atoms with van der Waals surface area (Å²) < 4.78 is 0. The maximum atomic E-state index is 10.3. The third-order valence-corrected chi connectivity index (χ3v) is 5.17. The highest BCUT2D eigenvalue weighted by Crippen LogP contribution is 2.10. The number of allylic oxidation sites excluding steroid dienone is 5. The Hall–Kier alpha value is -1.68. The van der Waals surface area contributed by atoms with Gasteiger partial charge in [-0.3, -0.25) is 9.59 Å². The van der Waals surface area contributed by atoms with Gasteiger partial charge in [0.1, 0.15) is 6.29 Å². The van der Waals surface area contributed by atoms with Crippen LogP contribution < -0.4 is 0 Å². The molecule has 0 aromatic rings. The van der Waals surface area contributed by atoms with Gasteiger partial charge in [0.05, 0.1) is 6.10 Å². The molecule has 0 radical (unpaired) electrons. The number of carboxylic acid groups (broad SMARTS) is 1. The molecular weight excluding hydrogens is 400 g/mol. The number of hydrogen-bond acceptors (Lipinski definition) is 3. The maximum Gasteiger partial charge on any atom is 0.303 e. The third kappa shape index (κ3) is 30.5. The number of carboxylic acids is 1. The average molecular weight is 451 g/mol. The maximum absolute atomic E-state index is 10.3. The van der Waals surface area contributed by atoms with Crippen molar-refractivity contribution in [3.8, 4) is 0 Å². The molecule has 0 unspecified atom stereocenters. The van der Waals surface area contributed by atoms with Crippen LogP contribution in [0.2, 0.25) is 0 Å². The first-order valence-corrected chi connectivity index (χ1v) is 12.6. The highest BCUT2D eigenvalue weighted by molar-refractivity contribution is 5.66. The Morgan fingerprint density at radius 1 is 0.844 bits per heavy atom. The molecule has 0 rings (SSSR count). The summed E-state index contributed by atoms with van der Waals surface area (Å²) in [4.78, 5) is 20.4. The summed E-state index contributed by atoms with van der Waals surface area (Å²) in [6, 6.07) is 0. The normalized spacial score (nSPS) is 12.2. The smallest absolute Gasteiger partial charge is 0.303 e. The Balaban J connectivity index is 0. The molecule has 32 heavy (non-hydrogen) atoms. The van der Waals surface area contributed by atoms with E-state index in [1.807, 2.05) is 6.92 Å². The summed E-state index contributed by atoms with van der Waals surface area (Å²) in [7, 11) is 0. The van der Waals surface area contributed by atoms with Gasteiger partial charge in [0.15, 0.2) is 0 Å². The van der Waals surface area contributed by atoms with Gasteiger partial charge in [0, 0.05) is 6.42 Å². The molecule has 1 atom stereocenters. The molecule has 0 aliphatic heterocycles. The number of aliphatic carboxylic acids is 1. The fourth-order valence-electron chi connectivity index (χ4n) is 3.15. The zero-order valence-electron chi connectivity index (χ0n) is 21.3. The molecule has 4 heteroatoms. The van der Waals surface area contributed by atoms with Crippen molar-refractivity contribution in [2.45, 2.75) is 130 Å². The van der Waals surface area contributed by atoms with Crippen LogP contribution in [0.5, 0.6) is 0 Å². The van der Waals surface area contributed by atoms with Crippen LogP contribution in [-0.4, -0.2) is 28.6 Å². The Bertz CT molecular complexity index is 528. The molecule has 0 saturated heterocycles. The minimum Gasteiger partial charge on any atom is -0.481 e. The lowest BCUT2D eigenvalue weighted by molar-refractivity contribution is -0.137. The second-order valence-electron chi connectivity index (χ2n) is 8.88. The largest absolute Gasteiger partial charge is 0.481 e. The first-order chi connectivity index (χ1) is 15.3. The van der Waals surface area contributed by atoms with Crippen molar-refractivity contribution in [3.05, 3.63) is 35.5 Å². The number of carbonyl (C=O) groups excluding carboxylic acids is 1. The molecule has 0 spiro atoms. The number of carbonyl (C=O) groups is 2. The van der Waals surface area contributed by atoms with E-state index in [1.165, 1.54) is 31.3 Å². The van der Waals surface area contributed by atoms with Crippen LogP contribution in [0.25, 0.3) is 0 Å². The van der Waals surface area contributed by atoms with Gasteiger partial charge in [0.25, 0.3) is 0 Å². The molecule has 0 aromatic heterocycles. The van der Waals surface area contributed by atoms with E-state index in [2.05, 4.69) is 39.0 Å². The average Bonchev–Trinajstić information content (AvgIpc) is 2.73. The standard InChI is InChI=1S/C18H34O3.C10H16O/c1-2-3-4-11-14-17(19)15-12-9-7-5-6-8-10-13-16-18(20)21;1-9(2)5-4-6-10(3)7-8-11/h9,12,17,19H,2-8,10-11,13-16H2,1H3,(H,20,21);5,7-8H,4,6H2,1-3H3/b12-9-;10-7+/t17-;/m1./s1. The number of aliphatic hydroxyl groups is 1. The summed E-state index contributed by atoms with van der Waals surface area (Å²) in [5, 5.41) is 18.3. The van der Waals surface area contributed by atoms with Crippen molar-refractivity contribution < 1.29 is 19.8 Å². The van der Waals surface area contributed by atoms with E-state index in [9.17, 15) is 14.7 Å². The van der Waals surface area contributed by atoms with Gasteiger partial charge >= 0.3 is 5.97 Å². The van der Waals surface area contributed by atoms with Crippen molar-refractivity contribution in [3.63, 3.8) is 0 Å². The van der Waals surface area contributed by atoms with Gasteiger partial charge in [0.2, 0.25) is 0 Å². The second-order valence-corrected chi connectivity index (χ2v) is 8.88. The lowest BCUT2D eigenvalue weighted by atomic mass is 10.1. The molecular formula is C28H50O4. The monoisotopic (exact) mass is 450 g/mol. The first kappa shape index (κ1) is 32.5. The van der Waals surface area contributed by atoms with E-state index in [-0.39, 0.29) is 6.10 Å². The van der Waals surface area contributed by atoms with Crippen molar-refractivity contribution in [2.75, 3.05) is 0 Å². The summed E-state index contributed by atoms with van der Waals surface area (Å²) in [6.07, 6.45) is 24.0. The van der Waals surface area contributed by atoms with Gasteiger partial charge in [-0.15, -0.1) is 0 Å². The van der Waals surface area contributed by atoms with E-state index in [0.717, 1.165) is 76.1 Å². The lowest BCUT2D eigenvalue weighted by Gasteiger charge is -2.07. The molecule has 0 amide bonds. The summed E-state index contributed by atoms with van der Waals surface area (Å²) in [6.45, 7) is 8.34. The van der Waals surface area contributed by atoms with E-state index in [4.69, 9.17) is 5.11 Å². The number of aldehydes is 1. The predicted molar refractivity (Wildman–Crippen MR) is 137 cm³/mol. The second kappa shape index (κ2) is 25.6. The number of aliphatic hydroxyl groups excluding tert-OH is 1.